The third kappa shape index (κ3) is 2.18. The van der Waals surface area contributed by atoms with E-state index in [1.807, 2.05) is 11.4 Å². The molecule has 2 N–H and O–H groups in total. The highest BCUT2D eigenvalue weighted by Gasteiger charge is 2.33. The smallest absolute Gasteiger partial charge is 0.256 e. The number of anilines is 1. The van der Waals surface area contributed by atoms with Crippen LogP contribution in [0.4, 0.5) is 5.00 Å². The average Bonchev–Trinajstić information content (AvgIpc) is 3.13. The van der Waals surface area contributed by atoms with Crippen LogP contribution >= 0.6 is 22.7 Å². The van der Waals surface area contributed by atoms with E-state index in [4.69, 9.17) is 0 Å². The zero-order valence-corrected chi connectivity index (χ0v) is 13.4. The van der Waals surface area contributed by atoms with E-state index in [1.165, 1.54) is 10.4 Å². The van der Waals surface area contributed by atoms with Crippen LogP contribution in [0.25, 0.3) is 0 Å². The summed E-state index contributed by atoms with van der Waals surface area (Å²) in [6, 6.07) is 4.07. The van der Waals surface area contributed by atoms with Crippen LogP contribution in [0.2, 0.25) is 0 Å². The summed E-state index contributed by atoms with van der Waals surface area (Å²) >= 11 is 3.42. The molecule has 4 rings (SSSR count). The Morgan fingerprint density at radius 3 is 3.10 bits per heavy atom. The minimum absolute atomic E-state index is 0.0737. The highest BCUT2D eigenvalue weighted by Crippen LogP contribution is 2.41. The Bertz CT molecular complexity index is 677. The molecule has 110 valence electrons. The van der Waals surface area contributed by atoms with E-state index in [2.05, 4.69) is 28.5 Å². The van der Waals surface area contributed by atoms with Gasteiger partial charge in [-0.2, -0.15) is 0 Å². The monoisotopic (exact) mass is 319 g/mol. The molecule has 1 atom stereocenters. The van der Waals surface area contributed by atoms with Gasteiger partial charge in [-0.1, -0.05) is 13.0 Å². The minimum atomic E-state index is -0.0904. The second-order valence-electron chi connectivity index (χ2n) is 5.39. The predicted molar refractivity (Wildman–Crippen MR) is 87.1 cm³/mol. The number of likely N-dealkylation sites (N-methyl/N-ethyl adjacent to an activating group) is 1. The van der Waals surface area contributed by atoms with E-state index in [-0.39, 0.29) is 12.1 Å². The molecule has 6 heteroatoms. The van der Waals surface area contributed by atoms with Gasteiger partial charge in [0.1, 0.15) is 11.2 Å². The van der Waals surface area contributed by atoms with E-state index < -0.39 is 0 Å². The van der Waals surface area contributed by atoms with Gasteiger partial charge in [-0.3, -0.25) is 9.69 Å². The van der Waals surface area contributed by atoms with Crippen molar-refractivity contribution in [1.82, 2.24) is 10.2 Å². The summed E-state index contributed by atoms with van der Waals surface area (Å²) in [6.07, 6.45) is 0.890. The molecule has 0 saturated heterocycles. The fourth-order valence-electron chi connectivity index (χ4n) is 3.04. The zero-order valence-electron chi connectivity index (χ0n) is 11.8. The molecule has 4 heterocycles. The Morgan fingerprint density at radius 2 is 2.33 bits per heavy atom. The lowest BCUT2D eigenvalue weighted by Gasteiger charge is -2.27. The summed E-state index contributed by atoms with van der Waals surface area (Å²) in [6.45, 7) is 5.28. The lowest BCUT2D eigenvalue weighted by Crippen LogP contribution is -2.38. The number of hydrogen-bond donors (Lipinski definition) is 2. The van der Waals surface area contributed by atoms with Crippen LogP contribution in [-0.2, 0) is 13.0 Å². The molecule has 1 amide bonds. The summed E-state index contributed by atoms with van der Waals surface area (Å²) < 4.78 is 0. The van der Waals surface area contributed by atoms with Crippen LogP contribution in [0.3, 0.4) is 0 Å². The molecule has 2 aliphatic heterocycles. The van der Waals surface area contributed by atoms with E-state index in [9.17, 15) is 4.79 Å². The maximum absolute atomic E-state index is 12.5. The molecule has 0 fully saturated rings. The van der Waals surface area contributed by atoms with Gasteiger partial charge in [0.05, 0.1) is 5.56 Å². The fraction of sp³-hybridized carbons (Fsp3) is 0.400. The molecular formula is C15H17N3OS2. The highest BCUT2D eigenvalue weighted by molar-refractivity contribution is 7.16. The highest BCUT2D eigenvalue weighted by atomic mass is 32.1. The number of thiophene rings is 2. The van der Waals surface area contributed by atoms with Crippen molar-refractivity contribution in [2.45, 2.75) is 26.1 Å². The summed E-state index contributed by atoms with van der Waals surface area (Å²) in [5.41, 5.74) is 2.15. The number of fused-ring (bicyclic) bond motifs is 3. The van der Waals surface area contributed by atoms with Crippen molar-refractivity contribution in [3.8, 4) is 0 Å². The molecule has 4 nitrogen and oxygen atoms in total. The van der Waals surface area contributed by atoms with Crippen molar-refractivity contribution < 1.29 is 4.79 Å². The van der Waals surface area contributed by atoms with E-state index in [1.54, 1.807) is 22.7 Å². The molecule has 21 heavy (non-hydrogen) atoms. The Morgan fingerprint density at radius 1 is 1.43 bits per heavy atom. The fourth-order valence-corrected chi connectivity index (χ4v) is 5.08. The standard InChI is InChI=1S/C15H17N3OS2/c1-2-18-6-5-9-11(8-18)21-15-12(9)14(19)16-13(17-15)10-4-3-7-20-10/h3-4,7,13,17H,2,5-6,8H2,1H3,(H,16,19)/t13-/m1/s1. The normalized spacial score (nSPS) is 21.4. The quantitative estimate of drug-likeness (QED) is 0.894. The van der Waals surface area contributed by atoms with Gasteiger partial charge in [0.2, 0.25) is 0 Å². The van der Waals surface area contributed by atoms with E-state index >= 15 is 0 Å². The number of nitrogens with one attached hydrogen (secondary N) is 2. The van der Waals surface area contributed by atoms with Gasteiger partial charge in [0.25, 0.3) is 5.91 Å². The van der Waals surface area contributed by atoms with Crippen molar-refractivity contribution in [2.75, 3.05) is 18.4 Å². The zero-order chi connectivity index (χ0) is 14.4. The van der Waals surface area contributed by atoms with Gasteiger partial charge in [-0.25, -0.2) is 0 Å². The van der Waals surface area contributed by atoms with Crippen LogP contribution in [0.15, 0.2) is 17.5 Å². The second kappa shape index (κ2) is 5.12. The Balaban J connectivity index is 1.69. The molecular weight excluding hydrogens is 302 g/mol. The van der Waals surface area contributed by atoms with E-state index in [0.29, 0.717) is 0 Å². The molecule has 0 unspecified atom stereocenters. The number of nitrogens with zero attached hydrogens (tertiary/aromatic N) is 1. The molecule has 2 aromatic heterocycles. The Labute approximate surface area is 131 Å². The van der Waals surface area contributed by atoms with Gasteiger partial charge < -0.3 is 10.6 Å². The van der Waals surface area contributed by atoms with Crippen molar-refractivity contribution in [2.24, 2.45) is 0 Å². The van der Waals surface area contributed by atoms with Crippen LogP contribution < -0.4 is 10.6 Å². The first-order chi connectivity index (χ1) is 10.3. The van der Waals surface area contributed by atoms with Crippen LogP contribution in [0, 0.1) is 0 Å². The third-order valence-corrected chi connectivity index (χ3v) is 6.27. The number of carbonyl (C=O) groups is 1. The third-order valence-electron chi connectivity index (χ3n) is 4.19. The largest absolute Gasteiger partial charge is 0.352 e. The number of hydrogen-bond acceptors (Lipinski definition) is 5. The summed E-state index contributed by atoms with van der Waals surface area (Å²) in [4.78, 5) is 17.4. The number of rotatable bonds is 2. The van der Waals surface area contributed by atoms with Gasteiger partial charge in [-0.05, 0) is 30.0 Å². The molecule has 0 bridgehead atoms. The maximum Gasteiger partial charge on any atom is 0.256 e. The Kier molecular flexibility index (Phi) is 3.24. The lowest BCUT2D eigenvalue weighted by atomic mass is 10.0. The van der Waals surface area contributed by atoms with Crippen molar-refractivity contribution in [3.63, 3.8) is 0 Å². The van der Waals surface area contributed by atoms with Crippen LogP contribution in [-0.4, -0.2) is 23.9 Å². The molecule has 0 spiro atoms. The maximum atomic E-state index is 12.5. The molecule has 0 saturated carbocycles. The van der Waals surface area contributed by atoms with Gasteiger partial charge >= 0.3 is 0 Å². The lowest BCUT2D eigenvalue weighted by molar-refractivity contribution is 0.0935. The number of carbonyl (C=O) groups excluding carboxylic acids is 1. The predicted octanol–water partition coefficient (Wildman–Crippen LogP) is 3.04. The first-order valence-electron chi connectivity index (χ1n) is 7.24. The summed E-state index contributed by atoms with van der Waals surface area (Å²) in [5, 5.41) is 9.67. The molecule has 0 aromatic carbocycles. The topological polar surface area (TPSA) is 44.4 Å². The first-order valence-corrected chi connectivity index (χ1v) is 8.93. The first kappa shape index (κ1) is 13.3. The van der Waals surface area contributed by atoms with E-state index in [0.717, 1.165) is 41.5 Å². The summed E-state index contributed by atoms with van der Waals surface area (Å²) in [7, 11) is 0. The molecule has 2 aromatic rings. The second-order valence-corrected chi connectivity index (χ2v) is 7.48. The van der Waals surface area contributed by atoms with Crippen molar-refractivity contribution in [3.05, 3.63) is 38.4 Å². The van der Waals surface area contributed by atoms with Crippen molar-refractivity contribution in [1.29, 1.82) is 0 Å². The van der Waals surface area contributed by atoms with Crippen LogP contribution in [0.5, 0.6) is 0 Å². The molecule has 2 aliphatic rings. The van der Waals surface area contributed by atoms with Crippen LogP contribution in [0.1, 0.15) is 38.8 Å². The molecule has 0 aliphatic carbocycles. The Hall–Kier alpha value is -1.37. The average molecular weight is 319 g/mol. The summed E-state index contributed by atoms with van der Waals surface area (Å²) in [5.74, 6) is 0.0737. The van der Waals surface area contributed by atoms with Crippen molar-refractivity contribution >= 4 is 33.6 Å². The van der Waals surface area contributed by atoms with Gasteiger partial charge in [-0.15, -0.1) is 22.7 Å². The SMILES string of the molecule is CCN1CCc2c(sc3c2C(=O)N[C@@H](c2cccs2)N3)C1. The minimum Gasteiger partial charge on any atom is -0.352 e. The molecule has 0 radical (unpaired) electrons. The number of amides is 1. The van der Waals surface area contributed by atoms with Gasteiger partial charge in [0.15, 0.2) is 0 Å². The van der Waals surface area contributed by atoms with Gasteiger partial charge in [0, 0.05) is 22.8 Å².